The Morgan fingerprint density at radius 1 is 1.00 bits per heavy atom. The van der Waals surface area contributed by atoms with Crippen molar-refractivity contribution in [2.24, 2.45) is 5.92 Å². The zero-order valence-corrected chi connectivity index (χ0v) is 17.5. The molecule has 2 saturated heterocycles. The minimum atomic E-state index is -0.849. The summed E-state index contributed by atoms with van der Waals surface area (Å²) in [6.07, 6.45) is 2.31. The number of rotatable bonds is 3. The number of carboxylic acid groups (broad SMARTS) is 1. The van der Waals surface area contributed by atoms with Crippen LogP contribution < -0.4 is 0 Å². The van der Waals surface area contributed by atoms with Gasteiger partial charge in [-0.25, -0.2) is 4.79 Å². The minimum absolute atomic E-state index is 0.0120. The van der Waals surface area contributed by atoms with Crippen molar-refractivity contribution >= 4 is 12.1 Å². The van der Waals surface area contributed by atoms with E-state index < -0.39 is 18.0 Å². The number of hydrogen-bond acceptors (Lipinski definition) is 4. The second-order valence-electron chi connectivity index (χ2n) is 8.83. The van der Waals surface area contributed by atoms with Gasteiger partial charge in [0, 0.05) is 25.7 Å². The van der Waals surface area contributed by atoms with Crippen molar-refractivity contribution in [3.05, 3.63) is 59.7 Å². The number of carbonyl (C=O) groups is 2. The molecule has 3 aliphatic rings. The molecule has 0 aromatic heterocycles. The van der Waals surface area contributed by atoms with Gasteiger partial charge in [0.2, 0.25) is 0 Å². The summed E-state index contributed by atoms with van der Waals surface area (Å²) in [5.74, 6) is -1.41. The Bertz CT molecular complexity index is 951. The molecule has 1 unspecified atom stereocenters. The van der Waals surface area contributed by atoms with E-state index >= 15 is 0 Å². The minimum Gasteiger partial charge on any atom is -0.481 e. The lowest BCUT2D eigenvalue weighted by Gasteiger charge is -2.50. The molecule has 1 amide bonds. The average molecular weight is 421 g/mol. The molecule has 1 aliphatic carbocycles. The molecular formula is C25H27NO5. The number of hydrogen-bond donors (Lipinski definition) is 1. The number of fused-ring (bicyclic) bond motifs is 3. The number of carboxylic acids is 1. The number of piperidine rings is 1. The van der Waals surface area contributed by atoms with Crippen LogP contribution in [0.4, 0.5) is 4.79 Å². The van der Waals surface area contributed by atoms with Gasteiger partial charge >= 0.3 is 12.1 Å². The van der Waals surface area contributed by atoms with Gasteiger partial charge in [0.25, 0.3) is 0 Å². The molecule has 2 fully saturated rings. The SMILES string of the molecule is O=C(O)C1CCC2(CCOCC2)N(C(=O)OCC2c3ccccc3-c3ccccc32)C1. The van der Waals surface area contributed by atoms with Crippen molar-refractivity contribution in [3.63, 3.8) is 0 Å². The molecule has 6 nitrogen and oxygen atoms in total. The summed E-state index contributed by atoms with van der Waals surface area (Å²) in [5.41, 5.74) is 4.35. The van der Waals surface area contributed by atoms with Crippen molar-refractivity contribution < 1.29 is 24.2 Å². The van der Waals surface area contributed by atoms with Crippen LogP contribution in [0.15, 0.2) is 48.5 Å². The van der Waals surface area contributed by atoms with Gasteiger partial charge in [0.05, 0.1) is 11.5 Å². The Balaban J connectivity index is 1.37. The Kier molecular flexibility index (Phi) is 5.18. The normalized spacial score (nSPS) is 22.1. The average Bonchev–Trinajstić information content (AvgIpc) is 3.12. The summed E-state index contributed by atoms with van der Waals surface area (Å²) in [7, 11) is 0. The van der Waals surface area contributed by atoms with Gasteiger partial charge in [-0.1, -0.05) is 48.5 Å². The van der Waals surface area contributed by atoms with Gasteiger partial charge in [0.1, 0.15) is 6.61 Å². The molecule has 1 N–H and O–H groups in total. The molecule has 0 radical (unpaired) electrons. The number of benzene rings is 2. The molecule has 5 rings (SSSR count). The Labute approximate surface area is 181 Å². The summed E-state index contributed by atoms with van der Waals surface area (Å²) in [6.45, 7) is 1.62. The van der Waals surface area contributed by atoms with Crippen molar-refractivity contribution in [1.29, 1.82) is 0 Å². The van der Waals surface area contributed by atoms with Crippen molar-refractivity contribution in [2.45, 2.75) is 37.1 Å². The molecule has 162 valence electrons. The molecule has 0 bridgehead atoms. The largest absolute Gasteiger partial charge is 0.481 e. The summed E-state index contributed by atoms with van der Waals surface area (Å²) in [6, 6.07) is 16.5. The molecule has 2 aromatic carbocycles. The number of amides is 1. The fourth-order valence-corrected chi connectivity index (χ4v) is 5.50. The first kappa shape index (κ1) is 20.1. The smallest absolute Gasteiger partial charge is 0.410 e. The molecular weight excluding hydrogens is 394 g/mol. The molecule has 0 saturated carbocycles. The summed E-state index contributed by atoms with van der Waals surface area (Å²) in [5, 5.41) is 9.54. The third-order valence-electron chi connectivity index (χ3n) is 7.26. The van der Waals surface area contributed by atoms with E-state index in [1.165, 1.54) is 22.3 Å². The van der Waals surface area contributed by atoms with Crippen LogP contribution in [0, 0.1) is 5.92 Å². The van der Waals surface area contributed by atoms with E-state index in [0.29, 0.717) is 26.1 Å². The van der Waals surface area contributed by atoms with Gasteiger partial charge in [-0.2, -0.15) is 0 Å². The predicted molar refractivity (Wildman–Crippen MR) is 115 cm³/mol. The topological polar surface area (TPSA) is 76.1 Å². The Morgan fingerprint density at radius 3 is 2.23 bits per heavy atom. The van der Waals surface area contributed by atoms with Gasteiger partial charge in [-0.15, -0.1) is 0 Å². The van der Waals surface area contributed by atoms with Crippen molar-refractivity contribution in [2.75, 3.05) is 26.4 Å². The predicted octanol–water partition coefficient (Wildman–Crippen LogP) is 4.28. The maximum absolute atomic E-state index is 13.3. The first-order chi connectivity index (χ1) is 15.1. The van der Waals surface area contributed by atoms with Gasteiger partial charge < -0.3 is 19.5 Å². The fourth-order valence-electron chi connectivity index (χ4n) is 5.50. The Hall–Kier alpha value is -2.86. The lowest BCUT2D eigenvalue weighted by Crippen LogP contribution is -2.60. The number of carbonyl (C=O) groups excluding carboxylic acids is 1. The van der Waals surface area contributed by atoms with Crippen LogP contribution in [0.5, 0.6) is 0 Å². The fraction of sp³-hybridized carbons (Fsp3) is 0.440. The van der Waals surface area contributed by atoms with E-state index in [1.807, 2.05) is 24.3 Å². The van der Waals surface area contributed by atoms with Crippen LogP contribution in [-0.4, -0.2) is 54.0 Å². The van der Waals surface area contributed by atoms with Crippen LogP contribution >= 0.6 is 0 Å². The highest BCUT2D eigenvalue weighted by atomic mass is 16.6. The van der Waals surface area contributed by atoms with Crippen LogP contribution in [0.25, 0.3) is 11.1 Å². The zero-order valence-electron chi connectivity index (χ0n) is 17.5. The van der Waals surface area contributed by atoms with Crippen LogP contribution in [0.2, 0.25) is 0 Å². The molecule has 1 spiro atoms. The van der Waals surface area contributed by atoms with E-state index in [4.69, 9.17) is 9.47 Å². The number of likely N-dealkylation sites (tertiary alicyclic amines) is 1. The highest BCUT2D eigenvalue weighted by Gasteiger charge is 2.47. The van der Waals surface area contributed by atoms with E-state index in [0.717, 1.165) is 12.8 Å². The third-order valence-corrected chi connectivity index (χ3v) is 7.26. The molecule has 2 aromatic rings. The van der Waals surface area contributed by atoms with Crippen molar-refractivity contribution in [3.8, 4) is 11.1 Å². The molecule has 6 heteroatoms. The molecule has 31 heavy (non-hydrogen) atoms. The zero-order chi connectivity index (χ0) is 21.4. The van der Waals surface area contributed by atoms with Gasteiger partial charge in [-0.3, -0.25) is 4.79 Å². The first-order valence-corrected chi connectivity index (χ1v) is 11.0. The van der Waals surface area contributed by atoms with Gasteiger partial charge in [0.15, 0.2) is 0 Å². The second kappa shape index (κ2) is 8.00. The first-order valence-electron chi connectivity index (χ1n) is 11.0. The quantitative estimate of drug-likeness (QED) is 0.801. The molecule has 2 aliphatic heterocycles. The van der Waals surface area contributed by atoms with Crippen LogP contribution in [0.1, 0.15) is 42.7 Å². The molecule has 2 heterocycles. The van der Waals surface area contributed by atoms with Gasteiger partial charge in [-0.05, 0) is 47.9 Å². The highest BCUT2D eigenvalue weighted by molar-refractivity contribution is 5.79. The van der Waals surface area contributed by atoms with Crippen LogP contribution in [0.3, 0.4) is 0 Å². The maximum atomic E-state index is 13.3. The summed E-state index contributed by atoms with van der Waals surface area (Å²) >= 11 is 0. The Morgan fingerprint density at radius 2 is 1.61 bits per heavy atom. The van der Waals surface area contributed by atoms with E-state index in [9.17, 15) is 14.7 Å². The molecule has 1 atom stereocenters. The van der Waals surface area contributed by atoms with E-state index in [2.05, 4.69) is 24.3 Å². The third kappa shape index (κ3) is 3.49. The van der Waals surface area contributed by atoms with Crippen LogP contribution in [-0.2, 0) is 14.3 Å². The number of aliphatic carboxylic acids is 1. The maximum Gasteiger partial charge on any atom is 0.410 e. The number of nitrogens with zero attached hydrogens (tertiary/aromatic N) is 1. The summed E-state index contributed by atoms with van der Waals surface area (Å²) in [4.78, 5) is 26.6. The van der Waals surface area contributed by atoms with E-state index in [1.54, 1.807) is 4.90 Å². The van der Waals surface area contributed by atoms with Crippen molar-refractivity contribution in [1.82, 2.24) is 4.90 Å². The lowest BCUT2D eigenvalue weighted by atomic mass is 9.77. The highest BCUT2D eigenvalue weighted by Crippen LogP contribution is 2.45. The monoisotopic (exact) mass is 421 g/mol. The summed E-state index contributed by atoms with van der Waals surface area (Å²) < 4.78 is 11.4. The standard InChI is InChI=1S/C25H27NO5/c27-23(28)17-9-10-25(11-13-30-14-12-25)26(15-17)24(29)31-16-22-20-7-3-1-5-18(20)19-6-2-4-8-21(19)22/h1-8,17,22H,9-16H2,(H,27,28). The second-order valence-corrected chi connectivity index (χ2v) is 8.83. The lowest BCUT2D eigenvalue weighted by molar-refractivity contribution is -0.146. The van der Waals surface area contributed by atoms with E-state index in [-0.39, 0.29) is 24.6 Å². The number of ether oxygens (including phenoxy) is 2.